The summed E-state index contributed by atoms with van der Waals surface area (Å²) in [5, 5.41) is 11.3. The Balaban J connectivity index is 2.58. The molecule has 0 atom stereocenters. The first kappa shape index (κ1) is 10.7. The lowest BCUT2D eigenvalue weighted by molar-refractivity contribution is -0.133. The Morgan fingerprint density at radius 3 is 2.21 bits per heavy atom. The molecule has 1 rings (SSSR count). The third-order valence-corrected chi connectivity index (χ3v) is 2.20. The molecule has 0 bridgehead atoms. The van der Waals surface area contributed by atoms with E-state index in [2.05, 4.69) is 5.32 Å². The van der Waals surface area contributed by atoms with Crippen LogP contribution in [0.5, 0.6) is 0 Å². The lowest BCUT2D eigenvalue weighted by Crippen LogP contribution is -2.49. The second kappa shape index (κ2) is 4.23. The number of ether oxygens (including phenoxy) is 1. The number of carbonyl (C=O) groups is 2. The third-order valence-electron chi connectivity index (χ3n) is 2.20. The van der Waals surface area contributed by atoms with Gasteiger partial charge in [-0.2, -0.15) is 0 Å². The molecule has 5 nitrogen and oxygen atoms in total. The number of carboxylic acid groups (broad SMARTS) is 1. The van der Waals surface area contributed by atoms with Crippen LogP contribution in [-0.4, -0.2) is 36.2 Å². The fourth-order valence-corrected chi connectivity index (χ4v) is 0.943. The van der Waals surface area contributed by atoms with Crippen LogP contribution in [0.15, 0.2) is 11.1 Å². The van der Waals surface area contributed by atoms with Gasteiger partial charge in [-0.05, 0) is 13.8 Å². The minimum Gasteiger partial charge on any atom is -0.478 e. The number of hydrogen-bond donors (Lipinski definition) is 2. The minimum absolute atomic E-state index is 0.0269. The molecule has 0 saturated carbocycles. The van der Waals surface area contributed by atoms with E-state index in [1.54, 1.807) is 0 Å². The first-order valence-corrected chi connectivity index (χ1v) is 4.31. The number of aliphatic carboxylic acids is 1. The Bertz CT molecular complexity index is 291. The average Bonchev–Trinajstić information content (AvgIpc) is 2.08. The number of amides is 1. The molecule has 0 aromatic heterocycles. The van der Waals surface area contributed by atoms with Crippen molar-refractivity contribution in [1.82, 2.24) is 5.32 Å². The summed E-state index contributed by atoms with van der Waals surface area (Å²) in [6, 6.07) is 0.0269. The number of carboxylic acids is 1. The minimum atomic E-state index is -1.07. The summed E-state index contributed by atoms with van der Waals surface area (Å²) < 4.78 is 4.88. The van der Waals surface area contributed by atoms with Gasteiger partial charge in [0.2, 0.25) is 5.91 Å². The van der Waals surface area contributed by atoms with Crippen molar-refractivity contribution < 1.29 is 19.4 Å². The van der Waals surface area contributed by atoms with E-state index >= 15 is 0 Å². The monoisotopic (exact) mass is 199 g/mol. The third kappa shape index (κ3) is 2.32. The summed E-state index contributed by atoms with van der Waals surface area (Å²) in [6.07, 6.45) is 0. The van der Waals surface area contributed by atoms with Crippen LogP contribution in [0.1, 0.15) is 13.8 Å². The molecule has 1 aliphatic heterocycles. The summed E-state index contributed by atoms with van der Waals surface area (Å²) in [4.78, 5) is 22.0. The van der Waals surface area contributed by atoms with E-state index in [-0.39, 0.29) is 23.1 Å². The standard InChI is InChI=1S/C9H13NO4/c1-5(6(2)9(12)13)8(11)10-7-3-14-4-7/h7H,3-4H2,1-2H3,(H,10,11)(H,12,13). The van der Waals surface area contributed by atoms with Crippen molar-refractivity contribution >= 4 is 11.9 Å². The van der Waals surface area contributed by atoms with Gasteiger partial charge in [0.05, 0.1) is 19.3 Å². The quantitative estimate of drug-likeness (QED) is 0.623. The van der Waals surface area contributed by atoms with Crippen molar-refractivity contribution in [3.8, 4) is 0 Å². The second-order valence-electron chi connectivity index (χ2n) is 3.26. The zero-order chi connectivity index (χ0) is 10.7. The second-order valence-corrected chi connectivity index (χ2v) is 3.26. The van der Waals surface area contributed by atoms with Crippen molar-refractivity contribution in [3.63, 3.8) is 0 Å². The molecule has 0 aromatic rings. The fourth-order valence-electron chi connectivity index (χ4n) is 0.943. The van der Waals surface area contributed by atoms with Crippen LogP contribution in [0, 0.1) is 0 Å². The molecule has 1 heterocycles. The highest BCUT2D eigenvalue weighted by Gasteiger charge is 2.22. The number of rotatable bonds is 3. The molecule has 0 radical (unpaired) electrons. The maximum Gasteiger partial charge on any atom is 0.331 e. The highest BCUT2D eigenvalue weighted by atomic mass is 16.5. The van der Waals surface area contributed by atoms with E-state index in [1.807, 2.05) is 0 Å². The maximum absolute atomic E-state index is 11.4. The zero-order valence-corrected chi connectivity index (χ0v) is 8.16. The Kier molecular flexibility index (Phi) is 3.24. The first-order valence-electron chi connectivity index (χ1n) is 4.31. The zero-order valence-electron chi connectivity index (χ0n) is 8.16. The predicted molar refractivity (Wildman–Crippen MR) is 48.8 cm³/mol. The van der Waals surface area contributed by atoms with Crippen LogP contribution in [0.25, 0.3) is 0 Å². The molecule has 0 aliphatic carbocycles. The van der Waals surface area contributed by atoms with Gasteiger partial charge in [0, 0.05) is 11.1 Å². The Morgan fingerprint density at radius 2 is 1.86 bits per heavy atom. The van der Waals surface area contributed by atoms with E-state index in [9.17, 15) is 9.59 Å². The van der Waals surface area contributed by atoms with Gasteiger partial charge in [0.15, 0.2) is 0 Å². The smallest absolute Gasteiger partial charge is 0.331 e. The van der Waals surface area contributed by atoms with Gasteiger partial charge in [-0.25, -0.2) is 4.79 Å². The summed E-state index contributed by atoms with van der Waals surface area (Å²) in [6.45, 7) is 3.92. The van der Waals surface area contributed by atoms with Gasteiger partial charge < -0.3 is 15.2 Å². The molecule has 14 heavy (non-hydrogen) atoms. The van der Waals surface area contributed by atoms with Gasteiger partial charge in [-0.1, -0.05) is 0 Å². The molecule has 1 saturated heterocycles. The molecule has 1 aliphatic rings. The average molecular weight is 199 g/mol. The normalized spacial score (nSPS) is 18.1. The molecule has 1 amide bonds. The van der Waals surface area contributed by atoms with Crippen molar-refractivity contribution in [2.75, 3.05) is 13.2 Å². The molecule has 0 spiro atoms. The molecule has 2 N–H and O–H groups in total. The molecule has 78 valence electrons. The lowest BCUT2D eigenvalue weighted by atomic mass is 10.1. The number of nitrogens with one attached hydrogen (secondary N) is 1. The Labute approximate surface area is 81.7 Å². The largest absolute Gasteiger partial charge is 0.478 e. The summed E-state index contributed by atoms with van der Waals surface area (Å²) >= 11 is 0. The van der Waals surface area contributed by atoms with Gasteiger partial charge in [-0.3, -0.25) is 4.79 Å². The van der Waals surface area contributed by atoms with Crippen LogP contribution in [0.4, 0.5) is 0 Å². The molecule has 1 fully saturated rings. The topological polar surface area (TPSA) is 75.6 Å². The maximum atomic E-state index is 11.4. The van der Waals surface area contributed by atoms with Gasteiger partial charge >= 0.3 is 5.97 Å². The Morgan fingerprint density at radius 1 is 1.29 bits per heavy atom. The first-order chi connectivity index (χ1) is 6.52. The van der Waals surface area contributed by atoms with Crippen molar-refractivity contribution in [2.24, 2.45) is 0 Å². The van der Waals surface area contributed by atoms with Gasteiger partial charge in [-0.15, -0.1) is 0 Å². The van der Waals surface area contributed by atoms with Crippen LogP contribution in [0.2, 0.25) is 0 Å². The van der Waals surface area contributed by atoms with Crippen LogP contribution in [0.3, 0.4) is 0 Å². The van der Waals surface area contributed by atoms with Crippen LogP contribution < -0.4 is 5.32 Å². The van der Waals surface area contributed by atoms with Crippen molar-refractivity contribution in [3.05, 3.63) is 11.1 Å². The van der Waals surface area contributed by atoms with Crippen LogP contribution >= 0.6 is 0 Å². The van der Waals surface area contributed by atoms with Gasteiger partial charge in [0.25, 0.3) is 0 Å². The van der Waals surface area contributed by atoms with E-state index in [1.165, 1.54) is 13.8 Å². The highest BCUT2D eigenvalue weighted by Crippen LogP contribution is 2.06. The fraction of sp³-hybridized carbons (Fsp3) is 0.556. The van der Waals surface area contributed by atoms with Crippen molar-refractivity contribution in [2.45, 2.75) is 19.9 Å². The predicted octanol–water partition coefficient (Wildman–Crippen LogP) is -0.0776. The lowest BCUT2D eigenvalue weighted by Gasteiger charge is -2.27. The van der Waals surface area contributed by atoms with E-state index < -0.39 is 5.97 Å². The summed E-state index contributed by atoms with van der Waals surface area (Å²) in [5.74, 6) is -1.40. The highest BCUT2D eigenvalue weighted by molar-refractivity contribution is 6.01. The molecule has 0 unspecified atom stereocenters. The van der Waals surface area contributed by atoms with E-state index in [0.29, 0.717) is 13.2 Å². The van der Waals surface area contributed by atoms with E-state index in [0.717, 1.165) is 0 Å². The molecular weight excluding hydrogens is 186 g/mol. The van der Waals surface area contributed by atoms with Crippen molar-refractivity contribution in [1.29, 1.82) is 0 Å². The molecule has 5 heteroatoms. The SMILES string of the molecule is CC(C(=O)O)=C(C)C(=O)NC1COC1. The Hall–Kier alpha value is -1.36. The molecular formula is C9H13NO4. The van der Waals surface area contributed by atoms with Gasteiger partial charge in [0.1, 0.15) is 0 Å². The van der Waals surface area contributed by atoms with E-state index in [4.69, 9.17) is 9.84 Å². The number of hydrogen-bond acceptors (Lipinski definition) is 3. The number of carbonyl (C=O) groups excluding carboxylic acids is 1. The summed E-state index contributed by atoms with van der Waals surface area (Å²) in [7, 11) is 0. The van der Waals surface area contributed by atoms with Crippen LogP contribution in [-0.2, 0) is 14.3 Å². The summed E-state index contributed by atoms with van der Waals surface area (Å²) in [5.41, 5.74) is 0.312. The molecule has 0 aromatic carbocycles.